The zero-order valence-electron chi connectivity index (χ0n) is 19.2. The molecule has 3 heteroatoms. The summed E-state index contributed by atoms with van der Waals surface area (Å²) in [5.74, 6) is 2.58. The molecular formula is C32H25IP2. The normalized spacial score (nSPS) is 11.7. The summed E-state index contributed by atoms with van der Waals surface area (Å²) >= 11 is 2.39. The second-order valence-electron chi connectivity index (χ2n) is 8.07. The summed E-state index contributed by atoms with van der Waals surface area (Å²) in [5, 5.41) is 6.89. The van der Waals surface area contributed by atoms with Crippen LogP contribution < -0.4 is 21.2 Å². The van der Waals surface area contributed by atoms with Crippen LogP contribution in [0.3, 0.4) is 0 Å². The fourth-order valence-corrected chi connectivity index (χ4v) is 9.41. The second-order valence-corrected chi connectivity index (χ2v) is 13.5. The molecule has 0 N–H and O–H groups in total. The Hall–Kier alpha value is -2.57. The van der Waals surface area contributed by atoms with Gasteiger partial charge in [0.05, 0.1) is 0 Å². The van der Waals surface area contributed by atoms with Crippen LogP contribution in [0.1, 0.15) is 5.56 Å². The first-order valence-electron chi connectivity index (χ1n) is 11.6. The molecule has 0 radical (unpaired) electrons. The van der Waals surface area contributed by atoms with Gasteiger partial charge in [-0.3, -0.25) is 0 Å². The van der Waals surface area contributed by atoms with Crippen LogP contribution in [-0.4, -0.2) is 0 Å². The van der Waals surface area contributed by atoms with Crippen molar-refractivity contribution in [3.8, 4) is 0 Å². The van der Waals surface area contributed by atoms with E-state index in [9.17, 15) is 0 Å². The maximum atomic E-state index is 2.58. The number of rotatable bonds is 7. The van der Waals surface area contributed by atoms with Crippen molar-refractivity contribution in [2.24, 2.45) is 0 Å². The molecule has 0 saturated carbocycles. The molecule has 0 nitrogen and oxygen atoms in total. The lowest BCUT2D eigenvalue weighted by Gasteiger charge is -2.25. The van der Waals surface area contributed by atoms with E-state index in [0.717, 1.165) is 0 Å². The van der Waals surface area contributed by atoms with E-state index in [-0.39, 0.29) is 0 Å². The summed E-state index contributed by atoms with van der Waals surface area (Å²) in [7, 11) is -1.42. The smallest absolute Gasteiger partial charge is 0.0130 e. The summed E-state index contributed by atoms with van der Waals surface area (Å²) < 4.78 is 1.25. The van der Waals surface area contributed by atoms with Crippen molar-refractivity contribution in [3.05, 3.63) is 161 Å². The lowest BCUT2D eigenvalue weighted by Crippen LogP contribution is -2.14. The third kappa shape index (κ3) is 5.99. The molecule has 0 unspecified atom stereocenters. The minimum atomic E-state index is -0.739. The summed E-state index contributed by atoms with van der Waals surface area (Å²) in [6, 6.07) is 53.0. The maximum Gasteiger partial charge on any atom is 0.0130 e. The Kier molecular flexibility index (Phi) is 8.22. The molecule has 5 rings (SSSR count). The van der Waals surface area contributed by atoms with E-state index in [2.05, 4.69) is 174 Å². The molecule has 170 valence electrons. The number of halogens is 1. The highest BCUT2D eigenvalue weighted by atomic mass is 127. The van der Waals surface area contributed by atoms with Gasteiger partial charge in [-0.2, -0.15) is 0 Å². The van der Waals surface area contributed by atoms with Gasteiger partial charge in [0, 0.05) is 3.57 Å². The van der Waals surface area contributed by atoms with E-state index in [1.807, 2.05) is 0 Å². The molecule has 0 aromatic heterocycles. The van der Waals surface area contributed by atoms with Crippen LogP contribution in [0.4, 0.5) is 0 Å². The van der Waals surface area contributed by atoms with Gasteiger partial charge in [0.15, 0.2) is 0 Å². The van der Waals surface area contributed by atoms with Gasteiger partial charge in [0.2, 0.25) is 0 Å². The fraction of sp³-hybridized carbons (Fsp3) is 0. The summed E-state index contributed by atoms with van der Waals surface area (Å²) in [4.78, 5) is 0. The Bertz CT molecular complexity index is 1290. The van der Waals surface area contributed by atoms with E-state index in [4.69, 9.17) is 0 Å². The molecule has 35 heavy (non-hydrogen) atoms. The van der Waals surface area contributed by atoms with E-state index in [1.165, 1.54) is 35.7 Å². The first-order chi connectivity index (χ1) is 17.3. The van der Waals surface area contributed by atoms with Gasteiger partial charge in [-0.1, -0.05) is 133 Å². The van der Waals surface area contributed by atoms with Gasteiger partial charge in [-0.25, -0.2) is 0 Å². The van der Waals surface area contributed by atoms with Crippen molar-refractivity contribution in [2.75, 3.05) is 0 Å². The lowest BCUT2D eigenvalue weighted by molar-refractivity contribution is 1.60. The average Bonchev–Trinajstić information content (AvgIpc) is 2.93. The Morgan fingerprint density at radius 2 is 0.829 bits per heavy atom. The highest BCUT2D eigenvalue weighted by Gasteiger charge is 2.23. The molecule has 0 aliphatic heterocycles. The minimum Gasteiger partial charge on any atom is -0.0622 e. The first-order valence-corrected chi connectivity index (χ1v) is 15.4. The van der Waals surface area contributed by atoms with Crippen molar-refractivity contribution in [1.29, 1.82) is 0 Å². The minimum absolute atomic E-state index is 0.682. The Morgan fingerprint density at radius 3 is 1.23 bits per heavy atom. The predicted octanol–water partition coefficient (Wildman–Crippen LogP) is 7.86. The molecule has 0 atom stereocenters. The Balaban J connectivity index is 1.77. The molecule has 0 saturated heterocycles. The molecule has 0 aliphatic carbocycles. The van der Waals surface area contributed by atoms with Crippen molar-refractivity contribution in [3.63, 3.8) is 0 Å². The third-order valence-corrected chi connectivity index (χ3v) is 11.4. The van der Waals surface area contributed by atoms with Crippen LogP contribution >= 0.6 is 38.4 Å². The Morgan fingerprint density at radius 1 is 0.457 bits per heavy atom. The average molecular weight is 598 g/mol. The van der Waals surface area contributed by atoms with Crippen LogP contribution in [0.15, 0.2) is 151 Å². The molecule has 0 amide bonds. The van der Waals surface area contributed by atoms with E-state index in [0.29, 0.717) is 0 Å². The fourth-order valence-electron chi connectivity index (χ4n) is 4.06. The van der Waals surface area contributed by atoms with Crippen molar-refractivity contribution < 1.29 is 0 Å². The number of hydrogen-bond acceptors (Lipinski definition) is 0. The molecule has 5 aromatic carbocycles. The molecule has 5 aromatic rings. The summed E-state index contributed by atoms with van der Waals surface area (Å²) in [5.41, 5.74) is 1.29. The van der Waals surface area contributed by atoms with Crippen molar-refractivity contribution >= 4 is 65.0 Å². The van der Waals surface area contributed by atoms with Gasteiger partial charge >= 0.3 is 0 Å². The topological polar surface area (TPSA) is 0 Å². The molecule has 0 spiro atoms. The summed E-state index contributed by atoms with van der Waals surface area (Å²) in [6.45, 7) is 0. The van der Waals surface area contributed by atoms with Crippen molar-refractivity contribution in [1.82, 2.24) is 0 Å². The zero-order chi connectivity index (χ0) is 23.9. The highest BCUT2D eigenvalue weighted by Crippen LogP contribution is 2.53. The number of benzene rings is 5. The molecule has 0 fully saturated rings. The van der Waals surface area contributed by atoms with Gasteiger partial charge in [-0.15, -0.1) is 0 Å². The summed E-state index contributed by atoms with van der Waals surface area (Å²) in [6.07, 6.45) is 0. The van der Waals surface area contributed by atoms with Gasteiger partial charge < -0.3 is 0 Å². The third-order valence-electron chi connectivity index (χ3n) is 5.73. The zero-order valence-corrected chi connectivity index (χ0v) is 23.2. The van der Waals surface area contributed by atoms with Gasteiger partial charge in [-0.05, 0) is 88.5 Å². The van der Waals surface area contributed by atoms with Crippen LogP contribution in [0.2, 0.25) is 0 Å². The molecular weight excluding hydrogens is 573 g/mol. The van der Waals surface area contributed by atoms with Gasteiger partial charge in [0.25, 0.3) is 0 Å². The second kappa shape index (κ2) is 11.9. The maximum absolute atomic E-state index is 2.58. The monoisotopic (exact) mass is 598 g/mol. The van der Waals surface area contributed by atoms with Crippen LogP contribution in [0, 0.1) is 3.57 Å². The van der Waals surface area contributed by atoms with E-state index < -0.39 is 15.8 Å². The number of hydrogen-bond donors (Lipinski definition) is 0. The highest BCUT2D eigenvalue weighted by molar-refractivity contribution is 14.1. The predicted molar refractivity (Wildman–Crippen MR) is 165 cm³/mol. The first kappa shape index (κ1) is 24.1. The molecule has 0 bridgehead atoms. The van der Waals surface area contributed by atoms with Gasteiger partial charge in [0.1, 0.15) is 0 Å². The molecule has 0 aliphatic rings. The van der Waals surface area contributed by atoms with Crippen LogP contribution in [0.5, 0.6) is 0 Å². The van der Waals surface area contributed by atoms with E-state index in [1.54, 1.807) is 0 Å². The lowest BCUT2D eigenvalue weighted by atomic mass is 10.2. The quantitative estimate of drug-likeness (QED) is 0.132. The van der Waals surface area contributed by atoms with Crippen molar-refractivity contribution in [2.45, 2.75) is 0 Å². The van der Waals surface area contributed by atoms with Crippen LogP contribution in [-0.2, 0) is 0 Å². The van der Waals surface area contributed by atoms with E-state index >= 15 is 0 Å². The standard InChI is InChI=1S/C32H25IP2/c33-27-23-21-26(22-24-27)32(35(30-17-9-3-10-18-30)31-19-11-4-12-20-31)25-34(28-13-5-1-6-14-28)29-15-7-2-8-16-29/h1-25H/b32-25+. The largest absolute Gasteiger partial charge is 0.0622 e. The van der Waals surface area contributed by atoms with Crippen LogP contribution in [0.25, 0.3) is 5.31 Å². The molecule has 0 heterocycles. The Labute approximate surface area is 224 Å². The SMILES string of the molecule is Ic1ccc(/C(=C\P(c2ccccc2)c2ccccc2)P(c2ccccc2)c2ccccc2)cc1.